The zero-order valence-electron chi connectivity index (χ0n) is 4.87. The fourth-order valence-corrected chi connectivity index (χ4v) is 0.620. The van der Waals surface area contributed by atoms with Crippen LogP contribution in [0.15, 0.2) is 12.2 Å². The summed E-state index contributed by atoms with van der Waals surface area (Å²) in [5, 5.41) is 2.14. The Morgan fingerprint density at radius 3 is 2.40 bits per heavy atom. The number of halogens is 3. The highest BCUT2D eigenvalue weighted by atomic mass is 19.3. The number of nitrogens with one attached hydrogen (secondary N) is 3. The van der Waals surface area contributed by atoms with Crippen LogP contribution in [0.3, 0.4) is 0 Å². The molecule has 0 aliphatic carbocycles. The quantitative estimate of drug-likeness (QED) is 0.465. The van der Waals surface area contributed by atoms with E-state index in [2.05, 4.69) is 16.2 Å². The van der Waals surface area contributed by atoms with Gasteiger partial charge in [0.25, 0.3) is 6.08 Å². The minimum atomic E-state index is -1.85. The normalized spacial score (nSPS) is 32.3. The summed E-state index contributed by atoms with van der Waals surface area (Å²) in [4.78, 5) is 0. The summed E-state index contributed by atoms with van der Waals surface area (Å²) in [5.41, 5.74) is 4.31. The maximum absolute atomic E-state index is 12.1. The number of hydrazine groups is 1. The van der Waals surface area contributed by atoms with Gasteiger partial charge >= 0.3 is 0 Å². The van der Waals surface area contributed by atoms with Gasteiger partial charge in [0.15, 0.2) is 0 Å². The van der Waals surface area contributed by atoms with Gasteiger partial charge in [0, 0.05) is 6.08 Å². The summed E-state index contributed by atoms with van der Waals surface area (Å²) >= 11 is 0. The Hall–Kier alpha value is -0.590. The molecule has 0 aromatic heterocycles. The van der Waals surface area contributed by atoms with Gasteiger partial charge in [-0.3, -0.25) is 5.32 Å². The standard InChI is InChI=1S/C4H6F3N3/c5-2(6)1-3-8-4(7)10-9-3/h1,3-4,8-10H. The zero-order chi connectivity index (χ0) is 7.56. The maximum atomic E-state index is 12.1. The van der Waals surface area contributed by atoms with E-state index in [1.54, 1.807) is 0 Å². The number of hydrogen-bond donors (Lipinski definition) is 3. The summed E-state index contributed by atoms with van der Waals surface area (Å²) in [6.45, 7) is 0. The average Bonchev–Trinajstić information content (AvgIpc) is 2.13. The number of hydrogen-bond acceptors (Lipinski definition) is 3. The van der Waals surface area contributed by atoms with Gasteiger partial charge < -0.3 is 0 Å². The van der Waals surface area contributed by atoms with Crippen LogP contribution in [0.1, 0.15) is 0 Å². The smallest absolute Gasteiger partial charge is 0.254 e. The van der Waals surface area contributed by atoms with Crippen molar-refractivity contribution in [2.24, 2.45) is 0 Å². The summed E-state index contributed by atoms with van der Waals surface area (Å²) in [5.74, 6) is 0. The van der Waals surface area contributed by atoms with Crippen LogP contribution in [-0.4, -0.2) is 12.6 Å². The third-order valence-electron chi connectivity index (χ3n) is 0.984. The molecule has 0 aromatic rings. The van der Waals surface area contributed by atoms with E-state index in [1.807, 2.05) is 0 Å². The van der Waals surface area contributed by atoms with E-state index in [4.69, 9.17) is 0 Å². The Bertz CT molecular complexity index is 145. The molecule has 0 saturated carbocycles. The van der Waals surface area contributed by atoms with E-state index in [9.17, 15) is 13.2 Å². The third kappa shape index (κ3) is 1.98. The first-order chi connectivity index (χ1) is 4.68. The van der Waals surface area contributed by atoms with Gasteiger partial charge in [-0.1, -0.05) is 0 Å². The van der Waals surface area contributed by atoms with E-state index in [0.717, 1.165) is 0 Å². The third-order valence-corrected chi connectivity index (χ3v) is 0.984. The zero-order valence-corrected chi connectivity index (χ0v) is 4.87. The molecule has 0 radical (unpaired) electrons. The summed E-state index contributed by atoms with van der Waals surface area (Å²) < 4.78 is 35.0. The first kappa shape index (κ1) is 7.52. The first-order valence-electron chi connectivity index (χ1n) is 2.62. The van der Waals surface area contributed by atoms with E-state index in [0.29, 0.717) is 6.08 Å². The number of alkyl halides is 1. The molecule has 0 aromatic carbocycles. The van der Waals surface area contributed by atoms with Crippen LogP contribution >= 0.6 is 0 Å². The Morgan fingerprint density at radius 1 is 1.30 bits per heavy atom. The first-order valence-corrected chi connectivity index (χ1v) is 2.62. The van der Waals surface area contributed by atoms with Crippen molar-refractivity contribution in [1.29, 1.82) is 0 Å². The van der Waals surface area contributed by atoms with Crippen LogP contribution < -0.4 is 16.2 Å². The largest absolute Gasteiger partial charge is 0.269 e. The molecule has 3 N–H and O–H groups in total. The SMILES string of the molecule is FC(F)=CC1NNC(F)N1. The molecule has 0 bridgehead atoms. The van der Waals surface area contributed by atoms with Crippen molar-refractivity contribution in [3.05, 3.63) is 12.2 Å². The molecule has 0 amide bonds. The van der Waals surface area contributed by atoms with Crippen LogP contribution in [0.5, 0.6) is 0 Å². The molecular weight excluding hydrogens is 147 g/mol. The van der Waals surface area contributed by atoms with Gasteiger partial charge in [0.1, 0.15) is 0 Å². The second-order valence-corrected chi connectivity index (χ2v) is 1.75. The molecule has 2 atom stereocenters. The highest BCUT2D eigenvalue weighted by molar-refractivity contribution is 4.93. The van der Waals surface area contributed by atoms with E-state index >= 15 is 0 Å². The summed E-state index contributed by atoms with van der Waals surface area (Å²) in [6.07, 6.45) is -3.58. The molecule has 1 rings (SSSR count). The lowest BCUT2D eigenvalue weighted by atomic mass is 10.5. The summed E-state index contributed by atoms with van der Waals surface area (Å²) in [6, 6.07) is 0. The number of rotatable bonds is 1. The molecule has 0 spiro atoms. The van der Waals surface area contributed by atoms with Crippen LogP contribution in [0.2, 0.25) is 0 Å². The molecular formula is C4H6F3N3. The maximum Gasteiger partial charge on any atom is 0.269 e. The van der Waals surface area contributed by atoms with Crippen molar-refractivity contribution in [1.82, 2.24) is 16.2 Å². The highest BCUT2D eigenvalue weighted by Gasteiger charge is 2.19. The van der Waals surface area contributed by atoms with Crippen LogP contribution in [0, 0.1) is 0 Å². The van der Waals surface area contributed by atoms with E-state index in [-0.39, 0.29) is 0 Å². The minimum Gasteiger partial charge on any atom is -0.254 e. The lowest BCUT2D eigenvalue weighted by molar-refractivity contribution is 0.268. The lowest BCUT2D eigenvalue weighted by Crippen LogP contribution is -2.31. The van der Waals surface area contributed by atoms with Gasteiger partial charge in [-0.2, -0.15) is 8.78 Å². The predicted molar refractivity (Wildman–Crippen MR) is 28.4 cm³/mol. The molecule has 1 fully saturated rings. The Morgan fingerprint density at radius 2 is 2.00 bits per heavy atom. The Balaban J connectivity index is 2.38. The molecule has 1 heterocycles. The van der Waals surface area contributed by atoms with E-state index in [1.165, 1.54) is 0 Å². The monoisotopic (exact) mass is 153 g/mol. The molecule has 1 aliphatic heterocycles. The van der Waals surface area contributed by atoms with Crippen LogP contribution in [0.4, 0.5) is 13.2 Å². The lowest BCUT2D eigenvalue weighted by Gasteiger charge is -1.99. The van der Waals surface area contributed by atoms with Crippen molar-refractivity contribution in [3.63, 3.8) is 0 Å². The second-order valence-electron chi connectivity index (χ2n) is 1.75. The van der Waals surface area contributed by atoms with Crippen molar-refractivity contribution < 1.29 is 13.2 Å². The topological polar surface area (TPSA) is 36.1 Å². The highest BCUT2D eigenvalue weighted by Crippen LogP contribution is 2.00. The summed E-state index contributed by atoms with van der Waals surface area (Å²) in [7, 11) is 0. The molecule has 6 heteroatoms. The Labute approximate surface area is 55.3 Å². The fraction of sp³-hybridized carbons (Fsp3) is 0.500. The fourth-order valence-electron chi connectivity index (χ4n) is 0.620. The van der Waals surface area contributed by atoms with Crippen molar-refractivity contribution in [2.75, 3.05) is 0 Å². The van der Waals surface area contributed by atoms with Gasteiger partial charge in [-0.15, -0.1) is 0 Å². The molecule has 1 saturated heterocycles. The van der Waals surface area contributed by atoms with E-state index < -0.39 is 18.7 Å². The van der Waals surface area contributed by atoms with Gasteiger partial charge in [-0.05, 0) is 0 Å². The molecule has 10 heavy (non-hydrogen) atoms. The molecule has 3 nitrogen and oxygen atoms in total. The molecule has 2 unspecified atom stereocenters. The average molecular weight is 153 g/mol. The van der Waals surface area contributed by atoms with Crippen LogP contribution in [-0.2, 0) is 0 Å². The van der Waals surface area contributed by atoms with Gasteiger partial charge in [-0.25, -0.2) is 15.2 Å². The predicted octanol–water partition coefficient (Wildman–Crippen LogP) is 0.0434. The van der Waals surface area contributed by atoms with Gasteiger partial charge in [0.2, 0.25) is 6.42 Å². The minimum absolute atomic E-state index is 0.576. The van der Waals surface area contributed by atoms with Crippen molar-refractivity contribution >= 4 is 0 Å². The van der Waals surface area contributed by atoms with Crippen LogP contribution in [0.25, 0.3) is 0 Å². The van der Waals surface area contributed by atoms with Gasteiger partial charge in [0.05, 0.1) is 6.17 Å². The Kier molecular flexibility index (Phi) is 2.25. The molecule has 1 aliphatic rings. The van der Waals surface area contributed by atoms with Crippen molar-refractivity contribution in [3.8, 4) is 0 Å². The second kappa shape index (κ2) is 3.00. The van der Waals surface area contributed by atoms with Crippen molar-refractivity contribution in [2.45, 2.75) is 12.6 Å². The molecule has 58 valence electrons.